The van der Waals surface area contributed by atoms with E-state index < -0.39 is 12.0 Å². The molecule has 0 aromatic heterocycles. The van der Waals surface area contributed by atoms with Gasteiger partial charge in [-0.3, -0.25) is 0 Å². The summed E-state index contributed by atoms with van der Waals surface area (Å²) in [6, 6.07) is 5.83. The number of carboxylic acids is 1. The molecule has 0 aliphatic rings. The SMILES string of the molecule is NC(C=O)Cc1cccc(C(=O)O)c1. The van der Waals surface area contributed by atoms with E-state index in [-0.39, 0.29) is 5.56 Å². The molecule has 1 aromatic rings. The van der Waals surface area contributed by atoms with Crippen LogP contribution in [0, 0.1) is 0 Å². The van der Waals surface area contributed by atoms with Gasteiger partial charge < -0.3 is 15.6 Å². The summed E-state index contributed by atoms with van der Waals surface area (Å²) in [4.78, 5) is 20.9. The van der Waals surface area contributed by atoms with Crippen molar-refractivity contribution in [3.63, 3.8) is 0 Å². The van der Waals surface area contributed by atoms with E-state index in [1.165, 1.54) is 12.1 Å². The van der Waals surface area contributed by atoms with E-state index in [2.05, 4.69) is 0 Å². The van der Waals surface area contributed by atoms with Crippen molar-refractivity contribution in [3.05, 3.63) is 35.4 Å². The summed E-state index contributed by atoms with van der Waals surface area (Å²) in [5, 5.41) is 8.70. The number of hydrogen-bond donors (Lipinski definition) is 2. The number of aldehydes is 1. The zero-order valence-electron chi connectivity index (χ0n) is 7.51. The number of benzene rings is 1. The third-order valence-electron chi connectivity index (χ3n) is 1.82. The predicted molar refractivity (Wildman–Crippen MR) is 51.1 cm³/mol. The number of nitrogens with two attached hydrogens (primary N) is 1. The van der Waals surface area contributed by atoms with Gasteiger partial charge in [-0.1, -0.05) is 12.1 Å². The molecule has 74 valence electrons. The summed E-state index contributed by atoms with van der Waals surface area (Å²) in [5.74, 6) is -0.980. The fourth-order valence-corrected chi connectivity index (χ4v) is 1.15. The van der Waals surface area contributed by atoms with Crippen molar-refractivity contribution in [2.75, 3.05) is 0 Å². The number of hydrogen-bond acceptors (Lipinski definition) is 3. The van der Waals surface area contributed by atoms with Gasteiger partial charge in [-0.15, -0.1) is 0 Å². The highest BCUT2D eigenvalue weighted by molar-refractivity contribution is 5.87. The largest absolute Gasteiger partial charge is 0.478 e. The molecule has 0 spiro atoms. The molecule has 0 amide bonds. The Labute approximate surface area is 81.3 Å². The molecule has 1 aromatic carbocycles. The van der Waals surface area contributed by atoms with Gasteiger partial charge in [-0.25, -0.2) is 4.79 Å². The standard InChI is InChI=1S/C10H11NO3/c11-9(6-12)5-7-2-1-3-8(4-7)10(13)14/h1-4,6,9H,5,11H2,(H,13,14). The number of carbonyl (C=O) groups is 2. The van der Waals surface area contributed by atoms with E-state index in [1.54, 1.807) is 12.1 Å². The summed E-state index contributed by atoms with van der Waals surface area (Å²) in [6.45, 7) is 0. The van der Waals surface area contributed by atoms with Crippen LogP contribution in [0.25, 0.3) is 0 Å². The quantitative estimate of drug-likeness (QED) is 0.680. The van der Waals surface area contributed by atoms with E-state index in [4.69, 9.17) is 10.8 Å². The first-order valence-corrected chi connectivity index (χ1v) is 4.16. The summed E-state index contributed by atoms with van der Waals surface area (Å²) in [6.07, 6.45) is 1.01. The highest BCUT2D eigenvalue weighted by Gasteiger charge is 2.05. The van der Waals surface area contributed by atoms with Crippen LogP contribution in [0.2, 0.25) is 0 Å². The van der Waals surface area contributed by atoms with Crippen LogP contribution in [0.5, 0.6) is 0 Å². The van der Waals surface area contributed by atoms with Gasteiger partial charge in [0.15, 0.2) is 0 Å². The van der Waals surface area contributed by atoms with Crippen LogP contribution >= 0.6 is 0 Å². The molecule has 14 heavy (non-hydrogen) atoms. The zero-order valence-corrected chi connectivity index (χ0v) is 7.51. The molecule has 1 rings (SSSR count). The van der Waals surface area contributed by atoms with Crippen molar-refractivity contribution >= 4 is 12.3 Å². The molecule has 0 heterocycles. The maximum absolute atomic E-state index is 10.6. The molecular weight excluding hydrogens is 182 g/mol. The molecular formula is C10H11NO3. The molecule has 1 unspecified atom stereocenters. The number of carbonyl (C=O) groups excluding carboxylic acids is 1. The number of aromatic carboxylic acids is 1. The lowest BCUT2D eigenvalue weighted by Crippen LogP contribution is -2.24. The third kappa shape index (κ3) is 2.67. The molecule has 0 saturated carbocycles. The Balaban J connectivity index is 2.83. The smallest absolute Gasteiger partial charge is 0.335 e. The molecule has 0 aliphatic heterocycles. The average Bonchev–Trinajstić information content (AvgIpc) is 2.18. The first-order valence-electron chi connectivity index (χ1n) is 4.16. The Morgan fingerprint density at radius 1 is 1.57 bits per heavy atom. The topological polar surface area (TPSA) is 80.4 Å². The van der Waals surface area contributed by atoms with Crippen LogP contribution in [0.4, 0.5) is 0 Å². The Kier molecular flexibility index (Phi) is 3.36. The van der Waals surface area contributed by atoms with Crippen LogP contribution in [0.15, 0.2) is 24.3 Å². The van der Waals surface area contributed by atoms with E-state index in [1.807, 2.05) is 0 Å². The van der Waals surface area contributed by atoms with Crippen LogP contribution in [-0.2, 0) is 11.2 Å². The lowest BCUT2D eigenvalue weighted by Gasteiger charge is -2.04. The highest BCUT2D eigenvalue weighted by Crippen LogP contribution is 2.06. The van der Waals surface area contributed by atoms with Crippen molar-refractivity contribution in [1.82, 2.24) is 0 Å². The van der Waals surface area contributed by atoms with Gasteiger partial charge >= 0.3 is 5.97 Å². The Hall–Kier alpha value is -1.68. The maximum atomic E-state index is 10.6. The third-order valence-corrected chi connectivity index (χ3v) is 1.82. The highest BCUT2D eigenvalue weighted by atomic mass is 16.4. The van der Waals surface area contributed by atoms with Gasteiger partial charge in [-0.05, 0) is 24.1 Å². The van der Waals surface area contributed by atoms with Gasteiger partial charge in [0.1, 0.15) is 6.29 Å². The molecule has 1 atom stereocenters. The van der Waals surface area contributed by atoms with E-state index in [0.29, 0.717) is 12.7 Å². The summed E-state index contributed by atoms with van der Waals surface area (Å²) >= 11 is 0. The van der Waals surface area contributed by atoms with Crippen LogP contribution in [-0.4, -0.2) is 23.4 Å². The zero-order chi connectivity index (χ0) is 10.6. The van der Waals surface area contributed by atoms with Crippen molar-refractivity contribution in [2.45, 2.75) is 12.5 Å². The van der Waals surface area contributed by atoms with Gasteiger partial charge in [0, 0.05) is 0 Å². The van der Waals surface area contributed by atoms with Crippen molar-refractivity contribution in [2.24, 2.45) is 5.73 Å². The van der Waals surface area contributed by atoms with E-state index in [0.717, 1.165) is 5.56 Å². The minimum atomic E-state index is -0.980. The first-order chi connectivity index (χ1) is 6.63. The van der Waals surface area contributed by atoms with Crippen LogP contribution in [0.3, 0.4) is 0 Å². The molecule has 0 aliphatic carbocycles. The van der Waals surface area contributed by atoms with E-state index >= 15 is 0 Å². The monoisotopic (exact) mass is 193 g/mol. The van der Waals surface area contributed by atoms with Crippen molar-refractivity contribution in [3.8, 4) is 0 Å². The summed E-state index contributed by atoms with van der Waals surface area (Å²) in [5.41, 5.74) is 6.38. The molecule has 0 fully saturated rings. The lowest BCUT2D eigenvalue weighted by molar-refractivity contribution is -0.108. The number of rotatable bonds is 4. The van der Waals surface area contributed by atoms with Gasteiger partial charge in [0.2, 0.25) is 0 Å². The molecule has 0 saturated heterocycles. The summed E-state index contributed by atoms with van der Waals surface area (Å²) < 4.78 is 0. The van der Waals surface area contributed by atoms with Crippen molar-refractivity contribution < 1.29 is 14.7 Å². The molecule has 0 radical (unpaired) electrons. The fraction of sp³-hybridized carbons (Fsp3) is 0.200. The number of carboxylic acid groups (broad SMARTS) is 1. The Morgan fingerprint density at radius 3 is 2.86 bits per heavy atom. The Morgan fingerprint density at radius 2 is 2.29 bits per heavy atom. The van der Waals surface area contributed by atoms with Crippen LogP contribution < -0.4 is 5.73 Å². The summed E-state index contributed by atoms with van der Waals surface area (Å²) in [7, 11) is 0. The first kappa shape index (κ1) is 10.4. The van der Waals surface area contributed by atoms with Gasteiger partial charge in [0.05, 0.1) is 11.6 Å². The molecule has 0 bridgehead atoms. The second kappa shape index (κ2) is 4.53. The van der Waals surface area contributed by atoms with E-state index in [9.17, 15) is 9.59 Å². The Bertz CT molecular complexity index is 349. The lowest BCUT2D eigenvalue weighted by atomic mass is 10.0. The molecule has 4 heteroatoms. The minimum Gasteiger partial charge on any atom is -0.478 e. The minimum absolute atomic E-state index is 0.209. The van der Waals surface area contributed by atoms with Crippen LogP contribution in [0.1, 0.15) is 15.9 Å². The van der Waals surface area contributed by atoms with Gasteiger partial charge in [-0.2, -0.15) is 0 Å². The second-order valence-corrected chi connectivity index (χ2v) is 3.01. The fourth-order valence-electron chi connectivity index (χ4n) is 1.15. The normalized spacial score (nSPS) is 12.1. The van der Waals surface area contributed by atoms with Crippen molar-refractivity contribution in [1.29, 1.82) is 0 Å². The van der Waals surface area contributed by atoms with Gasteiger partial charge in [0.25, 0.3) is 0 Å². The average molecular weight is 193 g/mol. The maximum Gasteiger partial charge on any atom is 0.335 e. The second-order valence-electron chi connectivity index (χ2n) is 3.01. The molecule has 3 N–H and O–H groups in total. The predicted octanol–water partition coefficient (Wildman–Crippen LogP) is 0.453. The molecule has 4 nitrogen and oxygen atoms in total.